The highest BCUT2D eigenvalue weighted by atomic mass is 16.5. The fourth-order valence-corrected chi connectivity index (χ4v) is 3.22. The number of carboxylic acids is 1. The van der Waals surface area contributed by atoms with Crippen LogP contribution in [0.4, 0.5) is 0 Å². The number of nitrogens with one attached hydrogen (secondary N) is 2. The summed E-state index contributed by atoms with van der Waals surface area (Å²) in [6.07, 6.45) is 2.97. The molecule has 1 aromatic rings. The van der Waals surface area contributed by atoms with E-state index in [1.54, 1.807) is 24.3 Å². The standard InChI is InChI=1S/C18H24N2O5/c1-2-25-14-8-4-3-7-13(14)17(24)19-12-15(21)20-18(11-16(22)23)9-5-6-10-18/h3-4,7-8H,2,5-6,9-12H2,1H3,(H,19,24)(H,20,21)(H,22,23). The molecule has 1 fully saturated rings. The summed E-state index contributed by atoms with van der Waals surface area (Å²) in [5.74, 6) is -1.26. The Kier molecular flexibility index (Phi) is 6.38. The predicted molar refractivity (Wildman–Crippen MR) is 91.5 cm³/mol. The Labute approximate surface area is 146 Å². The van der Waals surface area contributed by atoms with E-state index in [2.05, 4.69) is 10.6 Å². The second-order valence-electron chi connectivity index (χ2n) is 6.22. The smallest absolute Gasteiger partial charge is 0.305 e. The molecule has 1 aliphatic carbocycles. The first-order valence-corrected chi connectivity index (χ1v) is 8.48. The van der Waals surface area contributed by atoms with Crippen molar-refractivity contribution in [3.63, 3.8) is 0 Å². The molecule has 3 N–H and O–H groups in total. The number of hydrogen-bond donors (Lipinski definition) is 3. The van der Waals surface area contributed by atoms with Gasteiger partial charge in [0.05, 0.1) is 30.7 Å². The van der Waals surface area contributed by atoms with Crippen LogP contribution in [-0.4, -0.2) is 41.6 Å². The number of rotatable bonds is 8. The van der Waals surface area contributed by atoms with Crippen LogP contribution in [0.3, 0.4) is 0 Å². The highest BCUT2D eigenvalue weighted by molar-refractivity contribution is 5.98. The van der Waals surface area contributed by atoms with E-state index in [-0.39, 0.29) is 18.9 Å². The summed E-state index contributed by atoms with van der Waals surface area (Å²) in [7, 11) is 0. The quantitative estimate of drug-likeness (QED) is 0.663. The molecule has 0 saturated heterocycles. The number of ether oxygens (including phenoxy) is 1. The van der Waals surface area contributed by atoms with Crippen LogP contribution in [0.5, 0.6) is 5.75 Å². The Morgan fingerprint density at radius 2 is 1.88 bits per heavy atom. The molecule has 1 aromatic carbocycles. The van der Waals surface area contributed by atoms with Crippen molar-refractivity contribution in [1.82, 2.24) is 10.6 Å². The average molecular weight is 348 g/mol. The van der Waals surface area contributed by atoms with Crippen LogP contribution in [0, 0.1) is 0 Å². The van der Waals surface area contributed by atoms with E-state index < -0.39 is 17.4 Å². The summed E-state index contributed by atoms with van der Waals surface area (Å²) in [5, 5.41) is 14.4. The summed E-state index contributed by atoms with van der Waals surface area (Å²) < 4.78 is 5.41. The zero-order valence-corrected chi connectivity index (χ0v) is 14.3. The third-order valence-corrected chi connectivity index (χ3v) is 4.30. The van der Waals surface area contributed by atoms with Crippen molar-refractivity contribution in [2.75, 3.05) is 13.2 Å². The van der Waals surface area contributed by atoms with Gasteiger partial charge in [-0.15, -0.1) is 0 Å². The third-order valence-electron chi connectivity index (χ3n) is 4.30. The summed E-state index contributed by atoms with van der Waals surface area (Å²) >= 11 is 0. The average Bonchev–Trinajstić information content (AvgIpc) is 3.00. The molecular formula is C18H24N2O5. The van der Waals surface area contributed by atoms with Gasteiger partial charge in [0.1, 0.15) is 5.75 Å². The maximum atomic E-state index is 12.3. The van der Waals surface area contributed by atoms with Crippen molar-refractivity contribution in [1.29, 1.82) is 0 Å². The number of carbonyl (C=O) groups is 3. The molecule has 7 heteroatoms. The van der Waals surface area contributed by atoms with Crippen LogP contribution in [0.25, 0.3) is 0 Å². The molecule has 0 heterocycles. The van der Waals surface area contributed by atoms with Crippen LogP contribution in [0.2, 0.25) is 0 Å². The fourth-order valence-electron chi connectivity index (χ4n) is 3.22. The Bertz CT molecular complexity index is 638. The lowest BCUT2D eigenvalue weighted by Crippen LogP contribution is -2.51. The molecule has 25 heavy (non-hydrogen) atoms. The van der Waals surface area contributed by atoms with Gasteiger partial charge in [0.15, 0.2) is 0 Å². The lowest BCUT2D eigenvalue weighted by molar-refractivity contribution is -0.139. The van der Waals surface area contributed by atoms with Gasteiger partial charge in [-0.3, -0.25) is 14.4 Å². The molecule has 7 nitrogen and oxygen atoms in total. The van der Waals surface area contributed by atoms with Crippen LogP contribution in [0.1, 0.15) is 49.4 Å². The molecular weight excluding hydrogens is 324 g/mol. The molecule has 2 rings (SSSR count). The molecule has 1 saturated carbocycles. The topological polar surface area (TPSA) is 105 Å². The van der Waals surface area contributed by atoms with Crippen molar-refractivity contribution < 1.29 is 24.2 Å². The molecule has 0 spiro atoms. The van der Waals surface area contributed by atoms with E-state index in [0.717, 1.165) is 12.8 Å². The largest absolute Gasteiger partial charge is 0.493 e. The molecule has 0 bridgehead atoms. The monoisotopic (exact) mass is 348 g/mol. The van der Waals surface area contributed by atoms with Gasteiger partial charge in [-0.2, -0.15) is 0 Å². The van der Waals surface area contributed by atoms with Gasteiger partial charge in [-0.05, 0) is 31.9 Å². The highest BCUT2D eigenvalue weighted by Crippen LogP contribution is 2.32. The summed E-state index contributed by atoms with van der Waals surface area (Å²) in [5.41, 5.74) is -0.338. The van der Waals surface area contributed by atoms with Crippen molar-refractivity contribution >= 4 is 17.8 Å². The van der Waals surface area contributed by atoms with E-state index in [1.807, 2.05) is 6.92 Å². The van der Waals surface area contributed by atoms with Gasteiger partial charge in [-0.25, -0.2) is 0 Å². The molecule has 0 aliphatic heterocycles. The predicted octanol–water partition coefficient (Wildman–Crippen LogP) is 1.72. The van der Waals surface area contributed by atoms with Crippen LogP contribution in [0.15, 0.2) is 24.3 Å². The number of carbonyl (C=O) groups excluding carboxylic acids is 2. The molecule has 0 aromatic heterocycles. The number of para-hydroxylation sites is 1. The lowest BCUT2D eigenvalue weighted by atomic mass is 9.93. The maximum absolute atomic E-state index is 12.3. The SMILES string of the molecule is CCOc1ccccc1C(=O)NCC(=O)NC1(CC(=O)O)CCCC1. The molecule has 0 atom stereocenters. The molecule has 136 valence electrons. The molecule has 2 amide bonds. The first-order valence-electron chi connectivity index (χ1n) is 8.48. The highest BCUT2D eigenvalue weighted by Gasteiger charge is 2.37. The second kappa shape index (κ2) is 8.50. The maximum Gasteiger partial charge on any atom is 0.305 e. The van der Waals surface area contributed by atoms with Crippen molar-refractivity contribution in [3.05, 3.63) is 29.8 Å². The van der Waals surface area contributed by atoms with Gasteiger partial charge in [0.2, 0.25) is 5.91 Å². The Hall–Kier alpha value is -2.57. The van der Waals surface area contributed by atoms with Gasteiger partial charge < -0.3 is 20.5 Å². The Balaban J connectivity index is 1.93. The third kappa shape index (κ3) is 5.20. The van der Waals surface area contributed by atoms with Crippen LogP contribution in [-0.2, 0) is 9.59 Å². The van der Waals surface area contributed by atoms with Crippen molar-refractivity contribution in [2.45, 2.75) is 44.6 Å². The Morgan fingerprint density at radius 1 is 1.20 bits per heavy atom. The number of benzene rings is 1. The fraction of sp³-hybridized carbons (Fsp3) is 0.500. The molecule has 0 unspecified atom stereocenters. The minimum Gasteiger partial charge on any atom is -0.493 e. The van der Waals surface area contributed by atoms with Crippen molar-refractivity contribution in [2.24, 2.45) is 0 Å². The molecule has 1 aliphatic rings. The van der Waals surface area contributed by atoms with Gasteiger partial charge >= 0.3 is 5.97 Å². The summed E-state index contributed by atoms with van der Waals surface area (Å²) in [6, 6.07) is 6.81. The first-order chi connectivity index (χ1) is 12.0. The van der Waals surface area contributed by atoms with E-state index in [9.17, 15) is 14.4 Å². The zero-order chi connectivity index (χ0) is 18.3. The number of carboxylic acid groups (broad SMARTS) is 1. The Morgan fingerprint density at radius 3 is 2.52 bits per heavy atom. The first kappa shape index (κ1) is 18.8. The van der Waals surface area contributed by atoms with Gasteiger partial charge in [0.25, 0.3) is 5.91 Å². The van der Waals surface area contributed by atoms with E-state index in [4.69, 9.17) is 9.84 Å². The van der Waals surface area contributed by atoms with E-state index >= 15 is 0 Å². The van der Waals surface area contributed by atoms with Crippen LogP contribution >= 0.6 is 0 Å². The zero-order valence-electron chi connectivity index (χ0n) is 14.3. The summed E-state index contributed by atoms with van der Waals surface area (Å²) in [6.45, 7) is 2.05. The number of hydrogen-bond acceptors (Lipinski definition) is 4. The second-order valence-corrected chi connectivity index (χ2v) is 6.22. The van der Waals surface area contributed by atoms with E-state index in [1.165, 1.54) is 0 Å². The molecule has 0 radical (unpaired) electrons. The van der Waals surface area contributed by atoms with Gasteiger partial charge in [0, 0.05) is 0 Å². The number of aliphatic carboxylic acids is 1. The van der Waals surface area contributed by atoms with Crippen molar-refractivity contribution in [3.8, 4) is 5.75 Å². The van der Waals surface area contributed by atoms with Gasteiger partial charge in [-0.1, -0.05) is 25.0 Å². The minimum atomic E-state index is -0.933. The summed E-state index contributed by atoms with van der Waals surface area (Å²) in [4.78, 5) is 35.5. The lowest BCUT2D eigenvalue weighted by Gasteiger charge is -2.28. The normalized spacial score (nSPS) is 15.4. The van der Waals surface area contributed by atoms with E-state index in [0.29, 0.717) is 30.8 Å². The minimum absolute atomic E-state index is 0.0974. The van der Waals surface area contributed by atoms with Crippen LogP contribution < -0.4 is 15.4 Å². The number of amides is 2.